The molecule has 2 rings (SSSR count). The zero-order valence-electron chi connectivity index (χ0n) is 11.8. The lowest BCUT2D eigenvalue weighted by Crippen LogP contribution is -2.48. The van der Waals surface area contributed by atoms with Crippen molar-refractivity contribution in [3.05, 3.63) is 28.8 Å². The SMILES string of the molecule is COc1ccc(CC(=O)N2CCCC[C@H]2C(=O)O)c(Cl)c1. The molecule has 0 bridgehead atoms. The number of likely N-dealkylation sites (tertiary alicyclic amines) is 1. The van der Waals surface area contributed by atoms with Crippen LogP contribution in [0.1, 0.15) is 24.8 Å². The first-order valence-corrected chi connectivity index (χ1v) is 7.25. The van der Waals surface area contributed by atoms with E-state index in [0.29, 0.717) is 29.3 Å². The Morgan fingerprint density at radius 1 is 1.43 bits per heavy atom. The van der Waals surface area contributed by atoms with E-state index in [9.17, 15) is 14.7 Å². The second kappa shape index (κ2) is 6.80. The van der Waals surface area contributed by atoms with Crippen molar-refractivity contribution in [2.75, 3.05) is 13.7 Å². The summed E-state index contributed by atoms with van der Waals surface area (Å²) >= 11 is 6.12. The van der Waals surface area contributed by atoms with Gasteiger partial charge in [0.2, 0.25) is 5.91 Å². The summed E-state index contributed by atoms with van der Waals surface area (Å²) in [5.74, 6) is -0.518. The molecule has 0 unspecified atom stereocenters. The third kappa shape index (κ3) is 3.67. The predicted octanol–water partition coefficient (Wildman–Crippen LogP) is 2.36. The number of carbonyl (C=O) groups is 2. The molecule has 5 nitrogen and oxygen atoms in total. The van der Waals surface area contributed by atoms with Gasteiger partial charge in [-0.3, -0.25) is 4.79 Å². The summed E-state index contributed by atoms with van der Waals surface area (Å²) in [5, 5.41) is 9.66. The van der Waals surface area contributed by atoms with E-state index in [1.807, 2.05) is 0 Å². The van der Waals surface area contributed by atoms with Gasteiger partial charge < -0.3 is 14.7 Å². The number of rotatable bonds is 4. The molecule has 1 aliphatic rings. The highest BCUT2D eigenvalue weighted by molar-refractivity contribution is 6.31. The normalized spacial score (nSPS) is 18.4. The van der Waals surface area contributed by atoms with E-state index in [1.165, 1.54) is 4.90 Å². The van der Waals surface area contributed by atoms with Gasteiger partial charge in [0.25, 0.3) is 0 Å². The number of carbonyl (C=O) groups excluding carboxylic acids is 1. The van der Waals surface area contributed by atoms with Crippen LogP contribution in [0, 0.1) is 0 Å². The van der Waals surface area contributed by atoms with E-state index in [1.54, 1.807) is 25.3 Å². The van der Waals surface area contributed by atoms with Crippen LogP contribution in [-0.4, -0.2) is 41.6 Å². The summed E-state index contributed by atoms with van der Waals surface area (Å²) in [5.41, 5.74) is 0.678. The van der Waals surface area contributed by atoms with E-state index in [0.717, 1.165) is 12.8 Å². The van der Waals surface area contributed by atoms with E-state index in [4.69, 9.17) is 16.3 Å². The number of amides is 1. The van der Waals surface area contributed by atoms with Crippen molar-refractivity contribution in [3.63, 3.8) is 0 Å². The van der Waals surface area contributed by atoms with Crippen LogP contribution in [0.2, 0.25) is 5.02 Å². The molecule has 1 fully saturated rings. The summed E-state index contributed by atoms with van der Waals surface area (Å²) in [6.07, 6.45) is 2.29. The van der Waals surface area contributed by atoms with Gasteiger partial charge in [-0.1, -0.05) is 17.7 Å². The smallest absolute Gasteiger partial charge is 0.326 e. The van der Waals surface area contributed by atoms with Gasteiger partial charge in [0.15, 0.2) is 0 Å². The standard InChI is InChI=1S/C15H18ClNO4/c1-21-11-6-5-10(12(16)9-11)8-14(18)17-7-3-2-4-13(17)15(19)20/h5-6,9,13H,2-4,7-8H2,1H3,(H,19,20)/t13-/m0/s1. The molecule has 0 aromatic heterocycles. The average Bonchev–Trinajstić information content (AvgIpc) is 2.49. The first kappa shape index (κ1) is 15.6. The molecule has 114 valence electrons. The van der Waals surface area contributed by atoms with Crippen molar-refractivity contribution in [3.8, 4) is 5.75 Å². The van der Waals surface area contributed by atoms with Crippen molar-refractivity contribution in [1.29, 1.82) is 0 Å². The molecule has 1 aliphatic heterocycles. The molecule has 0 spiro atoms. The third-order valence-electron chi connectivity index (χ3n) is 3.71. The fourth-order valence-electron chi connectivity index (χ4n) is 2.55. The predicted molar refractivity (Wildman–Crippen MR) is 78.7 cm³/mol. The molecule has 0 saturated carbocycles. The number of halogens is 1. The van der Waals surface area contributed by atoms with Gasteiger partial charge in [-0.2, -0.15) is 0 Å². The van der Waals surface area contributed by atoms with Crippen molar-refractivity contribution < 1.29 is 19.4 Å². The average molecular weight is 312 g/mol. The Morgan fingerprint density at radius 2 is 2.19 bits per heavy atom. The lowest BCUT2D eigenvalue weighted by atomic mass is 10.0. The maximum Gasteiger partial charge on any atom is 0.326 e. The number of methoxy groups -OCH3 is 1. The zero-order chi connectivity index (χ0) is 15.4. The van der Waals surface area contributed by atoms with E-state index >= 15 is 0 Å². The molecule has 1 N–H and O–H groups in total. The number of piperidine rings is 1. The van der Waals surface area contributed by atoms with Crippen LogP contribution in [0.5, 0.6) is 5.75 Å². The summed E-state index contributed by atoms with van der Waals surface area (Å²) in [4.78, 5) is 25.0. The molecule has 0 aliphatic carbocycles. The van der Waals surface area contributed by atoms with Gasteiger partial charge in [0, 0.05) is 11.6 Å². The van der Waals surface area contributed by atoms with Gasteiger partial charge in [-0.15, -0.1) is 0 Å². The number of carboxylic acids is 1. The van der Waals surface area contributed by atoms with Crippen LogP contribution in [0.15, 0.2) is 18.2 Å². The Morgan fingerprint density at radius 3 is 2.81 bits per heavy atom. The van der Waals surface area contributed by atoms with Crippen LogP contribution in [0.4, 0.5) is 0 Å². The van der Waals surface area contributed by atoms with Crippen molar-refractivity contribution in [2.45, 2.75) is 31.7 Å². The number of aliphatic carboxylic acids is 1. The Balaban J connectivity index is 2.11. The zero-order valence-corrected chi connectivity index (χ0v) is 12.6. The highest BCUT2D eigenvalue weighted by atomic mass is 35.5. The maximum absolute atomic E-state index is 12.4. The van der Waals surface area contributed by atoms with E-state index < -0.39 is 12.0 Å². The Bertz CT molecular complexity index is 546. The van der Waals surface area contributed by atoms with Crippen molar-refractivity contribution in [1.82, 2.24) is 4.90 Å². The third-order valence-corrected chi connectivity index (χ3v) is 4.06. The van der Waals surface area contributed by atoms with E-state index in [-0.39, 0.29) is 12.3 Å². The first-order chi connectivity index (χ1) is 10.0. The molecule has 6 heteroatoms. The number of hydrogen-bond donors (Lipinski definition) is 1. The molecule has 1 heterocycles. The quantitative estimate of drug-likeness (QED) is 0.927. The summed E-state index contributed by atoms with van der Waals surface area (Å²) < 4.78 is 5.06. The number of ether oxygens (including phenoxy) is 1. The minimum atomic E-state index is -0.941. The van der Waals surface area contributed by atoms with Crippen LogP contribution in [-0.2, 0) is 16.0 Å². The Kier molecular flexibility index (Phi) is 5.07. The molecule has 1 aromatic carbocycles. The second-order valence-corrected chi connectivity index (χ2v) is 5.48. The lowest BCUT2D eigenvalue weighted by molar-refractivity contribution is -0.151. The number of carboxylic acid groups (broad SMARTS) is 1. The van der Waals surface area contributed by atoms with Gasteiger partial charge >= 0.3 is 5.97 Å². The highest BCUT2D eigenvalue weighted by Crippen LogP contribution is 2.24. The fraction of sp³-hybridized carbons (Fsp3) is 0.467. The van der Waals surface area contributed by atoms with E-state index in [2.05, 4.69) is 0 Å². The van der Waals surface area contributed by atoms with Crippen molar-refractivity contribution >= 4 is 23.5 Å². The first-order valence-electron chi connectivity index (χ1n) is 6.87. The fourth-order valence-corrected chi connectivity index (χ4v) is 2.79. The summed E-state index contributed by atoms with van der Waals surface area (Å²) in [7, 11) is 1.54. The molecule has 1 atom stereocenters. The molecular weight excluding hydrogens is 294 g/mol. The lowest BCUT2D eigenvalue weighted by Gasteiger charge is -2.33. The number of hydrogen-bond acceptors (Lipinski definition) is 3. The molecule has 1 amide bonds. The number of benzene rings is 1. The minimum Gasteiger partial charge on any atom is -0.497 e. The second-order valence-electron chi connectivity index (χ2n) is 5.07. The van der Waals surface area contributed by atoms with Crippen LogP contribution in [0.25, 0.3) is 0 Å². The van der Waals surface area contributed by atoms with Gasteiger partial charge in [-0.05, 0) is 37.0 Å². The highest BCUT2D eigenvalue weighted by Gasteiger charge is 2.31. The van der Waals surface area contributed by atoms with Crippen LogP contribution < -0.4 is 4.74 Å². The van der Waals surface area contributed by atoms with Gasteiger partial charge in [0.1, 0.15) is 11.8 Å². The maximum atomic E-state index is 12.4. The Hall–Kier alpha value is -1.75. The monoisotopic (exact) mass is 311 g/mol. The summed E-state index contributed by atoms with van der Waals surface area (Å²) in [6.45, 7) is 0.490. The minimum absolute atomic E-state index is 0.104. The van der Waals surface area contributed by atoms with Crippen LogP contribution >= 0.6 is 11.6 Å². The topological polar surface area (TPSA) is 66.8 Å². The number of nitrogens with zero attached hydrogens (tertiary/aromatic N) is 1. The Labute approximate surface area is 128 Å². The van der Waals surface area contributed by atoms with Gasteiger partial charge in [-0.25, -0.2) is 4.79 Å². The van der Waals surface area contributed by atoms with Crippen LogP contribution in [0.3, 0.4) is 0 Å². The van der Waals surface area contributed by atoms with Gasteiger partial charge in [0.05, 0.1) is 13.5 Å². The molecular formula is C15H18ClNO4. The molecule has 1 aromatic rings. The summed E-state index contributed by atoms with van der Waals surface area (Å²) in [6, 6.07) is 4.40. The molecule has 21 heavy (non-hydrogen) atoms. The van der Waals surface area contributed by atoms with Crippen molar-refractivity contribution in [2.24, 2.45) is 0 Å². The molecule has 1 saturated heterocycles. The largest absolute Gasteiger partial charge is 0.497 e. The molecule has 0 radical (unpaired) electrons.